The molecule has 6 nitrogen and oxygen atoms in total. The Balaban J connectivity index is 1.05. The number of nitrogens with zero attached hydrogens (tertiary/aromatic N) is 4. The largest absolute Gasteiger partial charge is 0.339 e. The molecule has 2 amide bonds. The molecule has 6 rings (SSSR count). The summed E-state index contributed by atoms with van der Waals surface area (Å²) >= 11 is 0. The summed E-state index contributed by atoms with van der Waals surface area (Å²) in [5.41, 5.74) is 1.44. The van der Waals surface area contributed by atoms with Crippen LogP contribution < -0.4 is 0 Å². The summed E-state index contributed by atoms with van der Waals surface area (Å²) in [5, 5.41) is 0. The van der Waals surface area contributed by atoms with Crippen LogP contribution in [-0.2, 0) is 0 Å². The molecule has 3 atom stereocenters. The SMILES string of the molecule is O=C(c1ccc(C(=O)N2C[C@H]3CC[C@@H](C2)C3N2CCCC2)cc1)N1CCC(N2CCCC2)CC1. The second-order valence-corrected chi connectivity index (χ2v) is 11.4. The van der Waals surface area contributed by atoms with Gasteiger partial charge in [0, 0.05) is 49.4 Å². The molecule has 1 unspecified atom stereocenters. The lowest BCUT2D eigenvalue weighted by atomic mass is 9.90. The molecular weight excluding hydrogens is 424 g/mol. The maximum atomic E-state index is 13.3. The molecule has 4 heterocycles. The molecule has 0 N–H and O–H groups in total. The van der Waals surface area contributed by atoms with E-state index < -0.39 is 0 Å². The molecule has 5 fully saturated rings. The number of carbonyl (C=O) groups excluding carboxylic acids is 2. The standard InChI is InChI=1S/C28H40N4O2/c33-27(31-17-11-25(12-18-31)29-13-1-2-14-29)21-5-7-22(8-6-21)28(34)32-19-23-9-10-24(20-32)26(23)30-15-3-4-16-30/h5-8,23-26H,1-4,9-20H2/t23-,24+,26?. The van der Waals surface area contributed by atoms with E-state index in [1.165, 1.54) is 64.7 Å². The normalized spacial score (nSPS) is 30.9. The van der Waals surface area contributed by atoms with Crippen LogP contribution in [0.4, 0.5) is 0 Å². The Bertz CT molecular complexity index is 868. The summed E-state index contributed by atoms with van der Waals surface area (Å²) in [7, 11) is 0. The van der Waals surface area contributed by atoms with Gasteiger partial charge < -0.3 is 14.7 Å². The van der Waals surface area contributed by atoms with Crippen molar-refractivity contribution in [3.8, 4) is 0 Å². The molecule has 5 aliphatic rings. The van der Waals surface area contributed by atoms with Crippen LogP contribution in [0.3, 0.4) is 0 Å². The molecule has 2 bridgehead atoms. The van der Waals surface area contributed by atoms with Gasteiger partial charge in [0.15, 0.2) is 0 Å². The Labute approximate surface area is 204 Å². The van der Waals surface area contributed by atoms with Crippen LogP contribution in [0.2, 0.25) is 0 Å². The molecule has 0 radical (unpaired) electrons. The predicted octanol–water partition coefficient (Wildman–Crippen LogP) is 3.33. The van der Waals surface area contributed by atoms with Gasteiger partial charge in [0.05, 0.1) is 0 Å². The van der Waals surface area contributed by atoms with Gasteiger partial charge in [-0.1, -0.05) is 0 Å². The molecule has 0 aromatic heterocycles. The van der Waals surface area contributed by atoms with Crippen molar-refractivity contribution < 1.29 is 9.59 Å². The Kier molecular flexibility index (Phi) is 6.37. The summed E-state index contributed by atoms with van der Waals surface area (Å²) < 4.78 is 0. The van der Waals surface area contributed by atoms with Gasteiger partial charge >= 0.3 is 0 Å². The summed E-state index contributed by atoms with van der Waals surface area (Å²) in [5.74, 6) is 1.51. The Morgan fingerprint density at radius 3 is 1.59 bits per heavy atom. The van der Waals surface area contributed by atoms with Crippen LogP contribution in [0.15, 0.2) is 24.3 Å². The highest BCUT2D eigenvalue weighted by Crippen LogP contribution is 2.41. The van der Waals surface area contributed by atoms with Crippen LogP contribution in [0.1, 0.15) is 72.1 Å². The predicted molar refractivity (Wildman–Crippen MR) is 133 cm³/mol. The van der Waals surface area contributed by atoms with Crippen LogP contribution in [0, 0.1) is 11.8 Å². The number of fused-ring (bicyclic) bond motifs is 2. The Morgan fingerprint density at radius 2 is 1.06 bits per heavy atom. The minimum atomic E-state index is 0.114. The number of hydrogen-bond donors (Lipinski definition) is 0. The fraction of sp³-hybridized carbons (Fsp3) is 0.714. The molecule has 1 aromatic carbocycles. The minimum Gasteiger partial charge on any atom is -0.339 e. The second-order valence-electron chi connectivity index (χ2n) is 11.4. The zero-order valence-electron chi connectivity index (χ0n) is 20.5. The molecule has 1 aliphatic carbocycles. The number of rotatable bonds is 4. The fourth-order valence-electron chi connectivity index (χ4n) is 7.66. The lowest BCUT2D eigenvalue weighted by molar-refractivity contribution is 0.0431. The van der Waals surface area contributed by atoms with E-state index in [4.69, 9.17) is 0 Å². The summed E-state index contributed by atoms with van der Waals surface area (Å²) in [4.78, 5) is 35.8. The molecule has 1 saturated carbocycles. The summed E-state index contributed by atoms with van der Waals surface area (Å²) in [6.07, 6.45) is 10.00. The summed E-state index contributed by atoms with van der Waals surface area (Å²) in [6, 6.07) is 8.83. The number of piperidine rings is 2. The second kappa shape index (κ2) is 9.62. The first-order chi connectivity index (χ1) is 16.7. The fourth-order valence-corrected chi connectivity index (χ4v) is 7.66. The first-order valence-corrected chi connectivity index (χ1v) is 13.8. The highest BCUT2D eigenvalue weighted by atomic mass is 16.2. The molecule has 0 spiro atoms. The Hall–Kier alpha value is -1.92. The third-order valence-corrected chi connectivity index (χ3v) is 9.42. The van der Waals surface area contributed by atoms with Gasteiger partial charge in [-0.25, -0.2) is 0 Å². The maximum Gasteiger partial charge on any atom is 0.253 e. The van der Waals surface area contributed by atoms with E-state index >= 15 is 0 Å². The average Bonchev–Trinajstić information content (AvgIpc) is 3.65. The highest BCUT2D eigenvalue weighted by molar-refractivity contribution is 5.98. The molecule has 1 aromatic rings. The van der Waals surface area contributed by atoms with Gasteiger partial charge in [0.2, 0.25) is 0 Å². The number of hydrogen-bond acceptors (Lipinski definition) is 4. The van der Waals surface area contributed by atoms with Crippen molar-refractivity contribution in [1.29, 1.82) is 0 Å². The molecule has 4 aliphatic heterocycles. The van der Waals surface area contributed by atoms with Crippen molar-refractivity contribution >= 4 is 11.8 Å². The van der Waals surface area contributed by atoms with E-state index in [9.17, 15) is 9.59 Å². The van der Waals surface area contributed by atoms with E-state index in [-0.39, 0.29) is 11.8 Å². The smallest absolute Gasteiger partial charge is 0.253 e. The third-order valence-electron chi connectivity index (χ3n) is 9.42. The van der Waals surface area contributed by atoms with Crippen LogP contribution in [-0.4, -0.2) is 95.9 Å². The zero-order chi connectivity index (χ0) is 23.1. The lowest BCUT2D eigenvalue weighted by Gasteiger charge is -2.42. The zero-order valence-corrected chi connectivity index (χ0v) is 20.5. The van der Waals surface area contributed by atoms with Crippen LogP contribution in [0.5, 0.6) is 0 Å². The topological polar surface area (TPSA) is 47.1 Å². The van der Waals surface area contributed by atoms with Crippen molar-refractivity contribution in [3.63, 3.8) is 0 Å². The van der Waals surface area contributed by atoms with E-state index in [0.717, 1.165) is 44.6 Å². The first kappa shape index (κ1) is 22.5. The molecule has 4 saturated heterocycles. The van der Waals surface area contributed by atoms with E-state index in [2.05, 4.69) is 14.7 Å². The third kappa shape index (κ3) is 4.28. The molecular formula is C28H40N4O2. The number of benzene rings is 1. The lowest BCUT2D eigenvalue weighted by Crippen LogP contribution is -2.53. The highest BCUT2D eigenvalue weighted by Gasteiger charge is 2.46. The van der Waals surface area contributed by atoms with Crippen molar-refractivity contribution in [2.45, 2.75) is 63.5 Å². The van der Waals surface area contributed by atoms with Gasteiger partial charge in [-0.05, 0) is 114 Å². The van der Waals surface area contributed by atoms with E-state index in [1.807, 2.05) is 29.2 Å². The van der Waals surface area contributed by atoms with Gasteiger partial charge in [-0.3, -0.25) is 14.5 Å². The minimum absolute atomic E-state index is 0.114. The monoisotopic (exact) mass is 464 g/mol. The summed E-state index contributed by atoms with van der Waals surface area (Å²) in [6.45, 7) is 8.42. The molecule has 6 heteroatoms. The Morgan fingerprint density at radius 1 is 0.588 bits per heavy atom. The average molecular weight is 465 g/mol. The van der Waals surface area contributed by atoms with Gasteiger partial charge in [0.25, 0.3) is 11.8 Å². The van der Waals surface area contributed by atoms with Crippen molar-refractivity contribution in [2.24, 2.45) is 11.8 Å². The van der Waals surface area contributed by atoms with Crippen molar-refractivity contribution in [3.05, 3.63) is 35.4 Å². The van der Waals surface area contributed by atoms with E-state index in [1.54, 1.807) is 0 Å². The van der Waals surface area contributed by atoms with Crippen molar-refractivity contribution in [1.82, 2.24) is 19.6 Å². The van der Waals surface area contributed by atoms with Gasteiger partial charge in [-0.2, -0.15) is 0 Å². The van der Waals surface area contributed by atoms with Gasteiger partial charge in [-0.15, -0.1) is 0 Å². The molecule has 34 heavy (non-hydrogen) atoms. The maximum absolute atomic E-state index is 13.3. The number of carbonyl (C=O) groups is 2. The van der Waals surface area contributed by atoms with Gasteiger partial charge in [0.1, 0.15) is 0 Å². The number of amides is 2. The molecule has 184 valence electrons. The van der Waals surface area contributed by atoms with Crippen LogP contribution >= 0.6 is 0 Å². The van der Waals surface area contributed by atoms with Crippen LogP contribution in [0.25, 0.3) is 0 Å². The van der Waals surface area contributed by atoms with E-state index in [0.29, 0.717) is 29.5 Å². The quantitative estimate of drug-likeness (QED) is 0.686. The number of likely N-dealkylation sites (tertiary alicyclic amines) is 4. The van der Waals surface area contributed by atoms with Crippen molar-refractivity contribution in [2.75, 3.05) is 52.4 Å². The first-order valence-electron chi connectivity index (χ1n) is 13.8.